The Kier molecular flexibility index (Phi) is 3.80. The molecule has 0 radical (unpaired) electrons. The molecule has 0 aliphatic carbocycles. The van der Waals surface area contributed by atoms with Crippen LogP contribution in [0.1, 0.15) is 12.8 Å². The van der Waals surface area contributed by atoms with Gasteiger partial charge in [0.05, 0.1) is 11.5 Å². The molecule has 7 nitrogen and oxygen atoms in total. The summed E-state index contributed by atoms with van der Waals surface area (Å²) >= 11 is 0. The highest BCUT2D eigenvalue weighted by atomic mass is 32.2. The van der Waals surface area contributed by atoms with Crippen LogP contribution in [0.3, 0.4) is 0 Å². The van der Waals surface area contributed by atoms with E-state index in [2.05, 4.69) is 10.1 Å². The van der Waals surface area contributed by atoms with Gasteiger partial charge < -0.3 is 15.2 Å². The summed E-state index contributed by atoms with van der Waals surface area (Å²) in [4.78, 5) is 6.30. The van der Waals surface area contributed by atoms with E-state index < -0.39 is 9.84 Å². The zero-order valence-electron chi connectivity index (χ0n) is 13.6. The molecule has 2 N–H and O–H groups in total. The Labute approximate surface area is 144 Å². The van der Waals surface area contributed by atoms with E-state index in [4.69, 9.17) is 10.3 Å². The largest absolute Gasteiger partial charge is 0.326 e. The summed E-state index contributed by atoms with van der Waals surface area (Å²) in [6.45, 7) is 1.15. The molecule has 0 bridgehead atoms. The molecular weight excluding hydrogens is 347 g/mol. The van der Waals surface area contributed by atoms with Crippen molar-refractivity contribution in [2.24, 2.45) is 11.1 Å². The number of anilines is 1. The first kappa shape index (κ1) is 16.5. The van der Waals surface area contributed by atoms with Gasteiger partial charge in [-0.1, -0.05) is 5.16 Å². The molecule has 1 aromatic heterocycles. The van der Waals surface area contributed by atoms with Gasteiger partial charge in [-0.3, -0.25) is 0 Å². The minimum atomic E-state index is -2.94. The lowest BCUT2D eigenvalue weighted by molar-refractivity contribution is 0.256. The number of hydrogen-bond donors (Lipinski definition) is 1. The third kappa shape index (κ3) is 3.02. The zero-order chi connectivity index (χ0) is 17.7. The first-order valence-electron chi connectivity index (χ1n) is 8.18. The van der Waals surface area contributed by atoms with Crippen LogP contribution in [0.4, 0.5) is 10.4 Å². The van der Waals surface area contributed by atoms with Gasteiger partial charge in [0.15, 0.2) is 0 Å². The van der Waals surface area contributed by atoms with E-state index in [-0.39, 0.29) is 28.8 Å². The molecule has 2 saturated heterocycles. The van der Waals surface area contributed by atoms with Crippen molar-refractivity contribution in [1.29, 1.82) is 0 Å². The minimum Gasteiger partial charge on any atom is -0.326 e. The van der Waals surface area contributed by atoms with Crippen LogP contribution in [0.2, 0.25) is 0 Å². The average Bonchev–Trinajstić information content (AvgIpc) is 3.17. The number of hydrogen-bond acceptors (Lipinski definition) is 7. The smallest absolute Gasteiger partial charge is 0.324 e. The molecule has 1 spiro atoms. The number of nitrogens with zero attached hydrogens (tertiary/aromatic N) is 3. The maximum absolute atomic E-state index is 13.0. The van der Waals surface area contributed by atoms with Gasteiger partial charge in [-0.15, -0.1) is 0 Å². The average molecular weight is 366 g/mol. The third-order valence-corrected chi connectivity index (χ3v) is 6.97. The summed E-state index contributed by atoms with van der Waals surface area (Å²) in [5.74, 6) is 0.418. The van der Waals surface area contributed by atoms with Gasteiger partial charge in [-0.2, -0.15) is 4.98 Å². The van der Waals surface area contributed by atoms with Crippen molar-refractivity contribution >= 4 is 15.9 Å². The van der Waals surface area contributed by atoms with Crippen molar-refractivity contribution in [3.05, 3.63) is 30.1 Å². The molecule has 1 atom stereocenters. The van der Waals surface area contributed by atoms with E-state index in [0.29, 0.717) is 43.3 Å². The quantitative estimate of drug-likeness (QED) is 0.852. The molecule has 2 aliphatic heterocycles. The molecule has 1 unspecified atom stereocenters. The van der Waals surface area contributed by atoms with Crippen LogP contribution in [0.5, 0.6) is 0 Å². The van der Waals surface area contributed by atoms with Crippen LogP contribution < -0.4 is 10.6 Å². The van der Waals surface area contributed by atoms with Gasteiger partial charge in [-0.05, 0) is 37.1 Å². The van der Waals surface area contributed by atoms with E-state index in [9.17, 15) is 12.8 Å². The molecule has 0 amide bonds. The fourth-order valence-electron chi connectivity index (χ4n) is 3.67. The zero-order valence-corrected chi connectivity index (χ0v) is 14.4. The SMILES string of the molecule is NC1CN(c2nc(-c3ccc(F)cc3)no2)CC12CCS(=O)(=O)CC2. The second-order valence-electron chi connectivity index (χ2n) is 6.91. The van der Waals surface area contributed by atoms with Crippen molar-refractivity contribution in [2.75, 3.05) is 29.5 Å². The lowest BCUT2D eigenvalue weighted by Gasteiger charge is -2.35. The number of rotatable bonds is 2. The first-order valence-corrected chi connectivity index (χ1v) is 10.00. The number of sulfone groups is 1. The molecular formula is C16H19FN4O3S. The summed E-state index contributed by atoms with van der Waals surface area (Å²) in [6, 6.07) is 6.09. The predicted octanol–water partition coefficient (Wildman–Crippen LogP) is 1.22. The van der Waals surface area contributed by atoms with Crippen LogP contribution in [0, 0.1) is 11.2 Å². The Hall–Kier alpha value is -2.00. The second kappa shape index (κ2) is 5.77. The van der Waals surface area contributed by atoms with Crippen molar-refractivity contribution in [1.82, 2.24) is 10.1 Å². The normalized spacial score (nSPS) is 24.7. The second-order valence-corrected chi connectivity index (χ2v) is 9.21. The van der Waals surface area contributed by atoms with Gasteiger partial charge in [0, 0.05) is 30.1 Å². The summed E-state index contributed by atoms with van der Waals surface area (Å²) in [6.07, 6.45) is 1.12. The summed E-state index contributed by atoms with van der Waals surface area (Å²) in [5.41, 5.74) is 6.77. The molecule has 9 heteroatoms. The van der Waals surface area contributed by atoms with Gasteiger partial charge in [0.2, 0.25) is 5.82 Å². The van der Waals surface area contributed by atoms with Crippen molar-refractivity contribution in [3.63, 3.8) is 0 Å². The van der Waals surface area contributed by atoms with Crippen LogP contribution in [0.25, 0.3) is 11.4 Å². The molecule has 2 aliphatic rings. The van der Waals surface area contributed by atoms with Crippen molar-refractivity contribution < 1.29 is 17.3 Å². The molecule has 2 fully saturated rings. The van der Waals surface area contributed by atoms with E-state index in [0.717, 1.165) is 0 Å². The highest BCUT2D eigenvalue weighted by Gasteiger charge is 2.49. The fourth-order valence-corrected chi connectivity index (χ4v) is 5.31. The Morgan fingerprint density at radius 2 is 1.92 bits per heavy atom. The van der Waals surface area contributed by atoms with Crippen molar-refractivity contribution in [2.45, 2.75) is 18.9 Å². The maximum Gasteiger partial charge on any atom is 0.324 e. The van der Waals surface area contributed by atoms with E-state index in [1.54, 1.807) is 12.1 Å². The topological polar surface area (TPSA) is 102 Å². The van der Waals surface area contributed by atoms with Gasteiger partial charge >= 0.3 is 6.01 Å². The van der Waals surface area contributed by atoms with Crippen LogP contribution in [-0.2, 0) is 9.84 Å². The summed E-state index contributed by atoms with van der Waals surface area (Å²) < 4.78 is 41.8. The lowest BCUT2D eigenvalue weighted by atomic mass is 9.78. The van der Waals surface area contributed by atoms with Crippen LogP contribution >= 0.6 is 0 Å². The Bertz CT molecular complexity index is 867. The number of nitrogens with two attached hydrogens (primary N) is 1. The summed E-state index contributed by atoms with van der Waals surface area (Å²) in [5, 5.41) is 3.96. The minimum absolute atomic E-state index is 0.135. The fraction of sp³-hybridized carbons (Fsp3) is 0.500. The number of halogens is 1. The highest BCUT2D eigenvalue weighted by Crippen LogP contribution is 2.41. The monoisotopic (exact) mass is 366 g/mol. The number of benzene rings is 1. The standard InChI is InChI=1S/C16H19FN4O3S/c17-12-3-1-11(2-4-12)14-19-15(24-20-14)21-9-13(18)16(10-21)5-7-25(22,23)8-6-16/h1-4,13H,5-10,18H2. The van der Waals surface area contributed by atoms with Crippen molar-refractivity contribution in [3.8, 4) is 11.4 Å². The van der Waals surface area contributed by atoms with Gasteiger partial charge in [0.1, 0.15) is 15.7 Å². The van der Waals surface area contributed by atoms with E-state index in [1.165, 1.54) is 12.1 Å². The Morgan fingerprint density at radius 3 is 2.60 bits per heavy atom. The highest BCUT2D eigenvalue weighted by molar-refractivity contribution is 7.91. The van der Waals surface area contributed by atoms with E-state index in [1.807, 2.05) is 4.90 Å². The summed E-state index contributed by atoms with van der Waals surface area (Å²) in [7, 11) is -2.94. The molecule has 0 saturated carbocycles. The molecule has 2 aromatic rings. The van der Waals surface area contributed by atoms with Crippen LogP contribution in [-0.4, -0.2) is 49.2 Å². The molecule has 3 heterocycles. The van der Waals surface area contributed by atoms with Gasteiger partial charge in [-0.25, -0.2) is 12.8 Å². The Balaban J connectivity index is 1.53. The van der Waals surface area contributed by atoms with Gasteiger partial charge in [0.25, 0.3) is 0 Å². The molecule has 25 heavy (non-hydrogen) atoms. The van der Waals surface area contributed by atoms with E-state index >= 15 is 0 Å². The molecule has 134 valence electrons. The van der Waals surface area contributed by atoms with Crippen LogP contribution in [0.15, 0.2) is 28.8 Å². The first-order chi connectivity index (χ1) is 11.9. The lowest BCUT2D eigenvalue weighted by Crippen LogP contribution is -2.46. The number of aromatic nitrogens is 2. The molecule has 1 aromatic carbocycles. The third-order valence-electron chi connectivity index (χ3n) is 5.32. The maximum atomic E-state index is 13.0. The molecule has 4 rings (SSSR count). The Morgan fingerprint density at radius 1 is 1.24 bits per heavy atom. The predicted molar refractivity (Wildman–Crippen MR) is 90.2 cm³/mol.